The predicted octanol–water partition coefficient (Wildman–Crippen LogP) is -0.0780. The van der Waals surface area contributed by atoms with Crippen LogP contribution in [0.4, 0.5) is 0 Å². The van der Waals surface area contributed by atoms with Crippen molar-refractivity contribution < 1.29 is 29.1 Å². The second kappa shape index (κ2) is 16.5. The van der Waals surface area contributed by atoms with Crippen LogP contribution >= 0.6 is 0 Å². The minimum atomic E-state index is -1.33. The third-order valence-electron chi connectivity index (χ3n) is 7.96. The summed E-state index contributed by atoms with van der Waals surface area (Å²) in [5.41, 5.74) is 8.08. The van der Waals surface area contributed by atoms with Gasteiger partial charge in [-0.05, 0) is 49.9 Å². The van der Waals surface area contributed by atoms with Gasteiger partial charge in [0.1, 0.15) is 24.2 Å². The van der Waals surface area contributed by atoms with E-state index in [2.05, 4.69) is 31.6 Å². The Balaban J connectivity index is 1.69. The van der Waals surface area contributed by atoms with Gasteiger partial charge in [0.25, 0.3) is 0 Å². The van der Waals surface area contributed by atoms with Crippen molar-refractivity contribution in [2.75, 3.05) is 13.1 Å². The number of carbonyl (C=O) groups excluding carboxylic acids is 5. The van der Waals surface area contributed by atoms with Crippen LogP contribution < -0.4 is 32.3 Å². The molecule has 1 aromatic heterocycles. The minimum absolute atomic E-state index is 0.0867. The number of amides is 5. The van der Waals surface area contributed by atoms with E-state index in [-0.39, 0.29) is 32.2 Å². The number of para-hydroxylation sites is 1. The van der Waals surface area contributed by atoms with Crippen LogP contribution in [0.1, 0.15) is 43.7 Å². The van der Waals surface area contributed by atoms with E-state index in [1.807, 2.05) is 54.6 Å². The lowest BCUT2D eigenvalue weighted by molar-refractivity contribution is -0.136. The number of carbonyl (C=O) groups is 5. The molecule has 0 saturated carbocycles. The lowest BCUT2D eigenvalue weighted by atomic mass is 10.0. The Morgan fingerprint density at radius 1 is 0.783 bits per heavy atom. The summed E-state index contributed by atoms with van der Waals surface area (Å²) in [6, 6.07) is 12.1. The second-order valence-corrected chi connectivity index (χ2v) is 11.5. The Bertz CT molecular complexity index is 1510. The molecule has 2 heterocycles. The Morgan fingerprint density at radius 2 is 1.43 bits per heavy atom. The van der Waals surface area contributed by atoms with Gasteiger partial charge in [-0.25, -0.2) is 0 Å². The van der Waals surface area contributed by atoms with Gasteiger partial charge in [0.05, 0.1) is 6.10 Å². The summed E-state index contributed by atoms with van der Waals surface area (Å²) in [5, 5.41) is 24.7. The maximum atomic E-state index is 14.0. The van der Waals surface area contributed by atoms with Gasteiger partial charge >= 0.3 is 0 Å². The number of hydrogen-bond acceptors (Lipinski definition) is 7. The van der Waals surface area contributed by atoms with Crippen LogP contribution in [0.3, 0.4) is 0 Å². The number of aliphatic hydroxyl groups is 1. The van der Waals surface area contributed by atoms with Gasteiger partial charge in [-0.2, -0.15) is 0 Å². The SMILES string of the molecule is C[C@@H](O)[C@@H]1NC(=O)[C@H](CCCCN)NC(=O)[C@@H](Cc2c[nH]c3ccccc23)NC(=O)[C@H](Cc2ccccc2)NC(=O)CCNC1=O. The van der Waals surface area contributed by atoms with E-state index in [0.717, 1.165) is 22.0 Å². The van der Waals surface area contributed by atoms with Crippen molar-refractivity contribution in [3.05, 3.63) is 71.9 Å². The maximum absolute atomic E-state index is 14.0. The Labute approximate surface area is 267 Å². The number of nitrogens with two attached hydrogens (primary N) is 1. The summed E-state index contributed by atoms with van der Waals surface area (Å²) in [7, 11) is 0. The van der Waals surface area contributed by atoms with Gasteiger partial charge in [-0.3, -0.25) is 24.0 Å². The third-order valence-corrected chi connectivity index (χ3v) is 7.96. The van der Waals surface area contributed by atoms with Gasteiger partial charge < -0.3 is 42.4 Å². The van der Waals surface area contributed by atoms with E-state index in [9.17, 15) is 29.1 Å². The fraction of sp³-hybridized carbons (Fsp3) is 0.424. The van der Waals surface area contributed by atoms with Crippen molar-refractivity contribution in [3.63, 3.8) is 0 Å². The Morgan fingerprint density at radius 3 is 2.15 bits per heavy atom. The zero-order chi connectivity index (χ0) is 33.1. The number of fused-ring (bicyclic) bond motifs is 1. The first-order chi connectivity index (χ1) is 22.2. The maximum Gasteiger partial charge on any atom is 0.245 e. The van der Waals surface area contributed by atoms with E-state index in [1.54, 1.807) is 6.20 Å². The quantitative estimate of drug-likeness (QED) is 0.150. The molecule has 246 valence electrons. The second-order valence-electron chi connectivity index (χ2n) is 11.5. The van der Waals surface area contributed by atoms with Gasteiger partial charge in [-0.15, -0.1) is 0 Å². The number of aliphatic hydroxyl groups excluding tert-OH is 1. The van der Waals surface area contributed by atoms with Crippen molar-refractivity contribution in [1.29, 1.82) is 0 Å². The van der Waals surface area contributed by atoms with E-state index < -0.39 is 59.8 Å². The molecule has 5 amide bonds. The van der Waals surface area contributed by atoms with Crippen LogP contribution in [0.2, 0.25) is 0 Å². The largest absolute Gasteiger partial charge is 0.391 e. The molecule has 13 nitrogen and oxygen atoms in total. The molecule has 0 unspecified atom stereocenters. The van der Waals surface area contributed by atoms with Gasteiger partial charge in [0.2, 0.25) is 29.5 Å². The molecule has 1 aliphatic heterocycles. The lowest BCUT2D eigenvalue weighted by Gasteiger charge is -2.28. The zero-order valence-corrected chi connectivity index (χ0v) is 25.9. The van der Waals surface area contributed by atoms with Gasteiger partial charge in [0.15, 0.2) is 0 Å². The molecule has 4 rings (SSSR count). The summed E-state index contributed by atoms with van der Waals surface area (Å²) in [5.74, 6) is -3.06. The number of benzene rings is 2. The number of aromatic nitrogens is 1. The fourth-order valence-corrected chi connectivity index (χ4v) is 5.43. The first kappa shape index (κ1) is 34.1. The van der Waals surface area contributed by atoms with Crippen LogP contribution in [0.25, 0.3) is 10.9 Å². The number of nitrogens with one attached hydrogen (secondary N) is 6. The van der Waals surface area contributed by atoms with Crippen LogP contribution in [0, 0.1) is 0 Å². The first-order valence-electron chi connectivity index (χ1n) is 15.6. The average Bonchev–Trinajstić information content (AvgIpc) is 3.44. The molecule has 0 spiro atoms. The number of unbranched alkanes of at least 4 members (excludes halogenated alkanes) is 1. The third kappa shape index (κ3) is 9.38. The Kier molecular flexibility index (Phi) is 12.3. The molecule has 2 aromatic carbocycles. The van der Waals surface area contributed by atoms with Crippen molar-refractivity contribution in [2.24, 2.45) is 5.73 Å². The highest BCUT2D eigenvalue weighted by molar-refractivity contribution is 5.96. The van der Waals surface area contributed by atoms with Crippen LogP contribution in [0.5, 0.6) is 0 Å². The minimum Gasteiger partial charge on any atom is -0.391 e. The smallest absolute Gasteiger partial charge is 0.245 e. The number of rotatable bonds is 9. The first-order valence-corrected chi connectivity index (χ1v) is 15.6. The molecular weight excluding hydrogens is 590 g/mol. The standard InChI is InChI=1S/C33H43N7O6/c1-20(41)29-33(46)35-16-14-28(42)37-26(17-21-9-3-2-4-10-21)31(44)39-27(18-22-19-36-24-12-6-5-11-23(22)24)32(45)38-25(30(43)40-29)13-7-8-15-34/h2-6,9-12,19-20,25-27,29,36,41H,7-8,13-18,34H2,1H3,(H,35,46)(H,37,42)(H,38,45)(H,39,44)(H,40,43)/t20-,25+,26+,27-,29+/m1/s1. The molecular formula is C33H43N7O6. The number of hydrogen-bond donors (Lipinski definition) is 8. The molecule has 0 aliphatic carbocycles. The van der Waals surface area contributed by atoms with E-state index >= 15 is 0 Å². The monoisotopic (exact) mass is 633 g/mol. The lowest BCUT2D eigenvalue weighted by Crippen LogP contribution is -2.60. The summed E-state index contributed by atoms with van der Waals surface area (Å²) in [4.78, 5) is 70.3. The molecule has 5 atom stereocenters. The molecule has 1 aliphatic rings. The van der Waals surface area contributed by atoms with E-state index in [1.165, 1.54) is 6.92 Å². The van der Waals surface area contributed by atoms with E-state index in [4.69, 9.17) is 5.73 Å². The van der Waals surface area contributed by atoms with Crippen LogP contribution in [0.15, 0.2) is 60.8 Å². The summed E-state index contributed by atoms with van der Waals surface area (Å²) < 4.78 is 0. The number of aromatic amines is 1. The van der Waals surface area contributed by atoms with Gasteiger partial charge in [0, 0.05) is 42.9 Å². The van der Waals surface area contributed by atoms with E-state index in [0.29, 0.717) is 19.4 Å². The Hall–Kier alpha value is -4.75. The van der Waals surface area contributed by atoms with Crippen molar-refractivity contribution in [3.8, 4) is 0 Å². The van der Waals surface area contributed by atoms with Crippen molar-refractivity contribution in [1.82, 2.24) is 31.6 Å². The highest BCUT2D eigenvalue weighted by atomic mass is 16.3. The molecule has 1 fully saturated rings. The summed E-state index contributed by atoms with van der Waals surface area (Å²) in [6.07, 6.45) is 1.89. The van der Waals surface area contributed by atoms with Crippen LogP contribution in [-0.4, -0.2) is 83.0 Å². The summed E-state index contributed by atoms with van der Waals surface area (Å²) in [6.45, 7) is 1.65. The predicted molar refractivity (Wildman–Crippen MR) is 172 cm³/mol. The molecule has 46 heavy (non-hydrogen) atoms. The normalized spacial score (nSPS) is 22.7. The molecule has 1 saturated heterocycles. The highest BCUT2D eigenvalue weighted by Gasteiger charge is 2.33. The topological polar surface area (TPSA) is 208 Å². The average molecular weight is 634 g/mol. The van der Waals surface area contributed by atoms with Crippen molar-refractivity contribution in [2.45, 2.75) is 75.7 Å². The molecule has 0 radical (unpaired) electrons. The van der Waals surface area contributed by atoms with Crippen molar-refractivity contribution >= 4 is 40.4 Å². The number of H-pyrrole nitrogens is 1. The molecule has 13 heteroatoms. The summed E-state index contributed by atoms with van der Waals surface area (Å²) >= 11 is 0. The highest BCUT2D eigenvalue weighted by Crippen LogP contribution is 2.20. The molecule has 0 bridgehead atoms. The van der Waals surface area contributed by atoms with Gasteiger partial charge in [-0.1, -0.05) is 48.5 Å². The zero-order valence-electron chi connectivity index (χ0n) is 25.9. The molecule has 3 aromatic rings. The fourth-order valence-electron chi connectivity index (χ4n) is 5.43. The molecule has 9 N–H and O–H groups in total. The van der Waals surface area contributed by atoms with Crippen LogP contribution in [-0.2, 0) is 36.8 Å².